The smallest absolute Gasteiger partial charge is 0.338 e. The van der Waals surface area contributed by atoms with Crippen LogP contribution in [0.15, 0.2) is 24.3 Å². The fourth-order valence-electron chi connectivity index (χ4n) is 1.76. The fourth-order valence-corrected chi connectivity index (χ4v) is 1.76. The fraction of sp³-hybridized carbons (Fsp3) is 0.375. The molecule has 1 rings (SSSR count). The molecule has 106 valence electrons. The van der Waals surface area contributed by atoms with Gasteiger partial charge in [-0.2, -0.15) is 0 Å². The summed E-state index contributed by atoms with van der Waals surface area (Å²) in [7, 11) is 0. The molecule has 4 nitrogen and oxygen atoms in total. The summed E-state index contributed by atoms with van der Waals surface area (Å²) in [5, 5.41) is 0. The first kappa shape index (κ1) is 15.8. The molecule has 1 aromatic rings. The number of benzene rings is 1. The van der Waals surface area contributed by atoms with Crippen molar-refractivity contribution in [2.45, 2.75) is 26.2 Å². The third-order valence-electron chi connectivity index (χ3n) is 2.72. The summed E-state index contributed by atoms with van der Waals surface area (Å²) in [5.41, 5.74) is 1.17. The van der Waals surface area contributed by atoms with E-state index in [0.29, 0.717) is 18.8 Å². The van der Waals surface area contributed by atoms with E-state index in [-0.39, 0.29) is 18.4 Å². The van der Waals surface area contributed by atoms with Crippen LogP contribution in [0.3, 0.4) is 0 Å². The van der Waals surface area contributed by atoms with E-state index in [1.54, 1.807) is 38.1 Å². The molecule has 0 heterocycles. The molecule has 0 aliphatic carbocycles. The van der Waals surface area contributed by atoms with E-state index in [9.17, 15) is 9.59 Å². The van der Waals surface area contributed by atoms with Gasteiger partial charge in [-0.3, -0.25) is 4.79 Å². The van der Waals surface area contributed by atoms with Crippen molar-refractivity contribution in [1.29, 1.82) is 0 Å². The molecule has 20 heavy (non-hydrogen) atoms. The third kappa shape index (κ3) is 4.13. The third-order valence-corrected chi connectivity index (χ3v) is 2.72. The van der Waals surface area contributed by atoms with E-state index in [0.717, 1.165) is 5.56 Å². The van der Waals surface area contributed by atoms with E-state index < -0.39 is 5.92 Å². The molecule has 0 N–H and O–H groups in total. The van der Waals surface area contributed by atoms with E-state index in [2.05, 4.69) is 5.92 Å². The lowest BCUT2D eigenvalue weighted by atomic mass is 9.95. The summed E-state index contributed by atoms with van der Waals surface area (Å²) >= 11 is 0. The number of carbonyl (C=O) groups excluding carboxylic acids is 2. The maximum absolute atomic E-state index is 11.8. The monoisotopic (exact) mass is 274 g/mol. The lowest BCUT2D eigenvalue weighted by Crippen LogP contribution is -2.16. The molecule has 1 unspecified atom stereocenters. The van der Waals surface area contributed by atoms with Crippen LogP contribution in [0.2, 0.25) is 0 Å². The van der Waals surface area contributed by atoms with Crippen molar-refractivity contribution in [3.63, 3.8) is 0 Å². The van der Waals surface area contributed by atoms with Gasteiger partial charge in [-0.05, 0) is 31.5 Å². The first-order chi connectivity index (χ1) is 9.63. The summed E-state index contributed by atoms with van der Waals surface area (Å²) in [6.45, 7) is 4.12. The quantitative estimate of drug-likeness (QED) is 0.591. The van der Waals surface area contributed by atoms with Gasteiger partial charge in [-0.25, -0.2) is 4.79 Å². The molecule has 0 aliphatic rings. The van der Waals surface area contributed by atoms with Crippen molar-refractivity contribution >= 4 is 11.9 Å². The minimum absolute atomic E-state index is 0.261. The van der Waals surface area contributed by atoms with Crippen LogP contribution >= 0.6 is 0 Å². The topological polar surface area (TPSA) is 52.6 Å². The Morgan fingerprint density at radius 3 is 2.25 bits per heavy atom. The Kier molecular flexibility index (Phi) is 6.31. The zero-order valence-electron chi connectivity index (χ0n) is 11.7. The van der Waals surface area contributed by atoms with E-state index in [4.69, 9.17) is 15.9 Å². The molecule has 0 radical (unpaired) electrons. The highest BCUT2D eigenvalue weighted by Gasteiger charge is 2.21. The lowest BCUT2D eigenvalue weighted by Gasteiger charge is -2.13. The minimum atomic E-state index is -0.504. The minimum Gasteiger partial charge on any atom is -0.465 e. The molecule has 1 atom stereocenters. The van der Waals surface area contributed by atoms with Crippen molar-refractivity contribution in [2.24, 2.45) is 0 Å². The summed E-state index contributed by atoms with van der Waals surface area (Å²) in [6.07, 6.45) is 5.55. The summed E-state index contributed by atoms with van der Waals surface area (Å²) in [4.78, 5) is 23.4. The Morgan fingerprint density at radius 2 is 1.75 bits per heavy atom. The average Bonchev–Trinajstić information content (AvgIpc) is 2.45. The maximum Gasteiger partial charge on any atom is 0.338 e. The largest absolute Gasteiger partial charge is 0.465 e. The van der Waals surface area contributed by atoms with Crippen molar-refractivity contribution < 1.29 is 19.1 Å². The Labute approximate surface area is 119 Å². The molecule has 0 aromatic heterocycles. The van der Waals surface area contributed by atoms with Crippen molar-refractivity contribution in [1.82, 2.24) is 0 Å². The Hall–Kier alpha value is -2.28. The van der Waals surface area contributed by atoms with Crippen LogP contribution in [-0.4, -0.2) is 25.2 Å². The Balaban J connectivity index is 2.91. The zero-order valence-corrected chi connectivity index (χ0v) is 11.7. The van der Waals surface area contributed by atoms with Crippen molar-refractivity contribution in [2.75, 3.05) is 13.2 Å². The normalized spacial score (nSPS) is 11.2. The first-order valence-electron chi connectivity index (χ1n) is 6.51. The van der Waals surface area contributed by atoms with Gasteiger partial charge in [-0.1, -0.05) is 12.1 Å². The lowest BCUT2D eigenvalue weighted by molar-refractivity contribution is -0.144. The second-order valence-corrected chi connectivity index (χ2v) is 4.06. The predicted molar refractivity (Wildman–Crippen MR) is 75.2 cm³/mol. The Morgan fingerprint density at radius 1 is 1.15 bits per heavy atom. The zero-order chi connectivity index (χ0) is 15.0. The molecule has 0 saturated carbocycles. The standard InChI is InChI=1S/C16H18O4/c1-4-7-14(16(18)20-6-3)12-8-10-13(11-9-12)15(17)19-5-2/h1,8-11,14H,5-7H2,2-3H3. The first-order valence-corrected chi connectivity index (χ1v) is 6.51. The second kappa shape index (κ2) is 8.00. The molecular weight excluding hydrogens is 256 g/mol. The van der Waals surface area contributed by atoms with Gasteiger partial charge in [0, 0.05) is 6.42 Å². The highest BCUT2D eigenvalue weighted by molar-refractivity contribution is 5.89. The van der Waals surface area contributed by atoms with Gasteiger partial charge in [0.1, 0.15) is 0 Å². The molecule has 0 fully saturated rings. The SMILES string of the molecule is C#CCC(C(=O)OCC)c1ccc(C(=O)OCC)cc1. The van der Waals surface area contributed by atoms with Crippen LogP contribution in [0.1, 0.15) is 42.1 Å². The molecule has 1 aromatic carbocycles. The van der Waals surface area contributed by atoms with Crippen LogP contribution in [-0.2, 0) is 14.3 Å². The highest BCUT2D eigenvalue weighted by Crippen LogP contribution is 2.21. The van der Waals surface area contributed by atoms with Crippen LogP contribution < -0.4 is 0 Å². The highest BCUT2D eigenvalue weighted by atomic mass is 16.5. The number of carbonyl (C=O) groups is 2. The maximum atomic E-state index is 11.8. The van der Waals surface area contributed by atoms with Crippen molar-refractivity contribution in [3.8, 4) is 12.3 Å². The van der Waals surface area contributed by atoms with E-state index in [1.165, 1.54) is 0 Å². The van der Waals surface area contributed by atoms with Gasteiger partial charge in [0.2, 0.25) is 0 Å². The van der Waals surface area contributed by atoms with Crippen LogP contribution in [0, 0.1) is 12.3 Å². The number of terminal acetylenes is 1. The molecule has 0 amide bonds. The number of rotatable bonds is 6. The molecule has 0 aliphatic heterocycles. The Bertz CT molecular complexity index is 496. The summed E-state index contributed by atoms with van der Waals surface area (Å²) in [5.74, 6) is 1.23. The van der Waals surface area contributed by atoms with E-state index >= 15 is 0 Å². The molecule has 4 heteroatoms. The molecule has 0 bridgehead atoms. The number of ether oxygens (including phenoxy) is 2. The second-order valence-electron chi connectivity index (χ2n) is 4.06. The van der Waals surface area contributed by atoms with Gasteiger partial charge >= 0.3 is 11.9 Å². The van der Waals surface area contributed by atoms with Crippen LogP contribution in [0.4, 0.5) is 0 Å². The molecule has 0 spiro atoms. The molecular formula is C16H18O4. The molecule has 0 saturated heterocycles. The van der Waals surface area contributed by atoms with Gasteiger partial charge in [0.15, 0.2) is 0 Å². The van der Waals surface area contributed by atoms with Gasteiger partial charge < -0.3 is 9.47 Å². The van der Waals surface area contributed by atoms with E-state index in [1.807, 2.05) is 0 Å². The number of hydrogen-bond acceptors (Lipinski definition) is 4. The summed E-state index contributed by atoms with van der Waals surface area (Å²) < 4.78 is 9.90. The van der Waals surface area contributed by atoms with Crippen LogP contribution in [0.25, 0.3) is 0 Å². The average molecular weight is 274 g/mol. The summed E-state index contributed by atoms with van der Waals surface area (Å²) in [6, 6.07) is 6.64. The van der Waals surface area contributed by atoms with Crippen molar-refractivity contribution in [3.05, 3.63) is 35.4 Å². The number of esters is 2. The van der Waals surface area contributed by atoms with Gasteiger partial charge in [0.05, 0.1) is 24.7 Å². The van der Waals surface area contributed by atoms with Crippen LogP contribution in [0.5, 0.6) is 0 Å². The number of hydrogen-bond donors (Lipinski definition) is 0. The van der Waals surface area contributed by atoms with Gasteiger partial charge in [0.25, 0.3) is 0 Å². The van der Waals surface area contributed by atoms with Gasteiger partial charge in [-0.15, -0.1) is 12.3 Å². The predicted octanol–water partition coefficient (Wildman–Crippen LogP) is 2.53.